The quantitative estimate of drug-likeness (QED) is 0.390. The molecule has 3 atom stereocenters. The summed E-state index contributed by atoms with van der Waals surface area (Å²) in [5.74, 6) is -0.868. The lowest BCUT2D eigenvalue weighted by atomic mass is 9.98. The molecule has 2 fully saturated rings. The summed E-state index contributed by atoms with van der Waals surface area (Å²) in [4.78, 5) is 49.3. The van der Waals surface area contributed by atoms with Crippen molar-refractivity contribution in [2.24, 2.45) is 0 Å². The van der Waals surface area contributed by atoms with Gasteiger partial charge in [0.25, 0.3) is 0 Å². The Balaban J connectivity index is 1.58. The Hall–Kier alpha value is -2.62. The van der Waals surface area contributed by atoms with Gasteiger partial charge >= 0.3 is 12.2 Å². The Bertz CT molecular complexity index is 648. The van der Waals surface area contributed by atoms with Crippen LogP contribution in [0, 0.1) is 0 Å². The van der Waals surface area contributed by atoms with Gasteiger partial charge in [0.15, 0.2) is 6.23 Å². The van der Waals surface area contributed by atoms with Crippen LogP contribution < -0.4 is 0 Å². The predicted octanol–water partition coefficient (Wildman–Crippen LogP) is 1.49. The predicted molar refractivity (Wildman–Crippen MR) is 93.2 cm³/mol. The third kappa shape index (κ3) is 4.61. The summed E-state index contributed by atoms with van der Waals surface area (Å²) in [6, 6.07) is -0.0511. The average Bonchev–Trinajstić information content (AvgIpc) is 3.10. The SMILES string of the molecule is O=C(O)OCC(OCCN1C(=O)OC2CCC=CCCC21)N1C(=O)CCC1=O. The number of likely N-dealkylation sites (tertiary alicyclic amines) is 1. The molecule has 2 saturated heterocycles. The van der Waals surface area contributed by atoms with Crippen molar-refractivity contribution >= 4 is 24.1 Å². The summed E-state index contributed by atoms with van der Waals surface area (Å²) in [5.41, 5.74) is 0. The minimum absolute atomic E-state index is 0.0128. The summed E-state index contributed by atoms with van der Waals surface area (Å²) in [6.07, 6.45) is 4.30. The first-order valence-electron chi connectivity index (χ1n) is 9.42. The lowest BCUT2D eigenvalue weighted by molar-refractivity contribution is -0.159. The first-order chi connectivity index (χ1) is 13.5. The van der Waals surface area contributed by atoms with Gasteiger partial charge in [0.2, 0.25) is 11.8 Å². The van der Waals surface area contributed by atoms with Gasteiger partial charge in [0.1, 0.15) is 12.7 Å². The molecule has 10 nitrogen and oxygen atoms in total. The minimum atomic E-state index is -1.53. The molecule has 0 radical (unpaired) electrons. The molecule has 0 bridgehead atoms. The first kappa shape index (κ1) is 20.1. The van der Waals surface area contributed by atoms with Gasteiger partial charge in [-0.15, -0.1) is 0 Å². The Morgan fingerprint density at radius 3 is 2.54 bits per heavy atom. The van der Waals surface area contributed by atoms with E-state index in [1.807, 2.05) is 0 Å². The van der Waals surface area contributed by atoms with Crippen LogP contribution in [-0.4, -0.2) is 77.1 Å². The number of imide groups is 1. The smallest absolute Gasteiger partial charge is 0.450 e. The van der Waals surface area contributed by atoms with Gasteiger partial charge in [-0.3, -0.25) is 19.4 Å². The van der Waals surface area contributed by atoms with Crippen molar-refractivity contribution in [2.75, 3.05) is 19.8 Å². The van der Waals surface area contributed by atoms with E-state index in [9.17, 15) is 19.2 Å². The van der Waals surface area contributed by atoms with Crippen LogP contribution in [0.25, 0.3) is 0 Å². The standard InChI is InChI=1S/C18H24N2O8/c21-14-7-8-15(22)20(14)16(11-27-18(24)25)26-10-9-19-12-5-3-1-2-4-6-13(12)28-17(19)23/h1-2,12-13,16H,3-11H2,(H,24,25). The van der Waals surface area contributed by atoms with E-state index >= 15 is 0 Å². The number of rotatable bonds is 7. The monoisotopic (exact) mass is 396 g/mol. The van der Waals surface area contributed by atoms with E-state index in [0.717, 1.165) is 30.6 Å². The van der Waals surface area contributed by atoms with Crippen LogP contribution in [0.2, 0.25) is 0 Å². The second-order valence-electron chi connectivity index (χ2n) is 6.87. The zero-order valence-electron chi connectivity index (χ0n) is 15.5. The summed E-state index contributed by atoms with van der Waals surface area (Å²) < 4.78 is 15.6. The average molecular weight is 396 g/mol. The largest absolute Gasteiger partial charge is 0.505 e. The summed E-state index contributed by atoms with van der Waals surface area (Å²) in [6.45, 7) is -0.253. The van der Waals surface area contributed by atoms with Crippen molar-refractivity contribution in [1.82, 2.24) is 9.80 Å². The van der Waals surface area contributed by atoms with E-state index < -0.39 is 36.9 Å². The van der Waals surface area contributed by atoms with Gasteiger partial charge < -0.3 is 19.3 Å². The Kier molecular flexibility index (Phi) is 6.50. The molecule has 1 N–H and O–H groups in total. The molecule has 0 spiro atoms. The van der Waals surface area contributed by atoms with Crippen molar-refractivity contribution < 1.29 is 38.5 Å². The van der Waals surface area contributed by atoms with Gasteiger partial charge in [-0.1, -0.05) is 12.2 Å². The number of hydrogen-bond donors (Lipinski definition) is 1. The number of hydrogen-bond acceptors (Lipinski definition) is 7. The molecular formula is C18H24N2O8. The van der Waals surface area contributed by atoms with Crippen molar-refractivity contribution in [3.05, 3.63) is 12.2 Å². The summed E-state index contributed by atoms with van der Waals surface area (Å²) in [7, 11) is 0. The zero-order valence-corrected chi connectivity index (χ0v) is 15.5. The highest BCUT2D eigenvalue weighted by atomic mass is 16.7. The molecule has 0 saturated carbocycles. The van der Waals surface area contributed by atoms with Gasteiger partial charge in [0.05, 0.1) is 12.6 Å². The van der Waals surface area contributed by atoms with Crippen LogP contribution in [0.5, 0.6) is 0 Å². The second kappa shape index (κ2) is 9.05. The number of allylic oxidation sites excluding steroid dienone is 2. The fraction of sp³-hybridized carbons (Fsp3) is 0.667. The van der Waals surface area contributed by atoms with E-state index in [1.54, 1.807) is 4.90 Å². The number of carboxylic acid groups (broad SMARTS) is 1. The topological polar surface area (TPSA) is 123 Å². The highest BCUT2D eigenvalue weighted by Gasteiger charge is 2.41. The van der Waals surface area contributed by atoms with Gasteiger partial charge in [-0.25, -0.2) is 9.59 Å². The van der Waals surface area contributed by atoms with E-state index in [2.05, 4.69) is 16.9 Å². The number of carbonyl (C=O) groups is 4. The molecule has 3 amide bonds. The fourth-order valence-electron chi connectivity index (χ4n) is 3.77. The number of nitrogens with zero attached hydrogens (tertiary/aromatic N) is 2. The van der Waals surface area contributed by atoms with Gasteiger partial charge in [-0.2, -0.15) is 0 Å². The van der Waals surface area contributed by atoms with Gasteiger partial charge in [-0.05, 0) is 25.7 Å². The third-order valence-electron chi connectivity index (χ3n) is 5.10. The fourth-order valence-corrected chi connectivity index (χ4v) is 3.77. The highest BCUT2D eigenvalue weighted by molar-refractivity contribution is 6.02. The molecule has 3 aliphatic rings. The Morgan fingerprint density at radius 1 is 1.18 bits per heavy atom. The van der Waals surface area contributed by atoms with Crippen LogP contribution in [0.15, 0.2) is 12.2 Å². The van der Waals surface area contributed by atoms with Crippen LogP contribution in [0.4, 0.5) is 9.59 Å². The Labute approximate surface area is 162 Å². The van der Waals surface area contributed by atoms with Crippen molar-refractivity contribution in [2.45, 2.75) is 56.9 Å². The lowest BCUT2D eigenvalue weighted by Gasteiger charge is -2.28. The molecule has 3 rings (SSSR count). The summed E-state index contributed by atoms with van der Waals surface area (Å²) >= 11 is 0. The van der Waals surface area contributed by atoms with Crippen LogP contribution >= 0.6 is 0 Å². The van der Waals surface area contributed by atoms with Crippen molar-refractivity contribution in [1.29, 1.82) is 0 Å². The molecule has 28 heavy (non-hydrogen) atoms. The molecule has 2 aliphatic heterocycles. The van der Waals surface area contributed by atoms with Crippen molar-refractivity contribution in [3.63, 3.8) is 0 Å². The van der Waals surface area contributed by atoms with Crippen LogP contribution in [0.1, 0.15) is 38.5 Å². The van der Waals surface area contributed by atoms with E-state index in [0.29, 0.717) is 0 Å². The second-order valence-corrected chi connectivity index (χ2v) is 6.87. The van der Waals surface area contributed by atoms with E-state index in [1.165, 1.54) is 0 Å². The van der Waals surface area contributed by atoms with E-state index in [-0.39, 0.29) is 38.1 Å². The van der Waals surface area contributed by atoms with Crippen molar-refractivity contribution in [3.8, 4) is 0 Å². The molecule has 0 aromatic heterocycles. The number of fused-ring (bicyclic) bond motifs is 1. The molecule has 154 valence electrons. The lowest BCUT2D eigenvalue weighted by Crippen LogP contribution is -2.46. The first-order valence-corrected chi connectivity index (χ1v) is 9.42. The molecule has 3 unspecified atom stereocenters. The molecule has 0 aromatic carbocycles. The molecule has 0 aromatic rings. The van der Waals surface area contributed by atoms with E-state index in [4.69, 9.17) is 14.6 Å². The normalized spacial score (nSPS) is 25.9. The molecule has 1 aliphatic carbocycles. The molecule has 10 heteroatoms. The maximum absolute atomic E-state index is 12.2. The van der Waals surface area contributed by atoms with Crippen LogP contribution in [0.3, 0.4) is 0 Å². The maximum Gasteiger partial charge on any atom is 0.505 e. The number of carbonyl (C=O) groups excluding carboxylic acids is 3. The maximum atomic E-state index is 12.2. The summed E-state index contributed by atoms with van der Waals surface area (Å²) in [5, 5.41) is 8.71. The van der Waals surface area contributed by atoms with Crippen LogP contribution in [-0.2, 0) is 23.8 Å². The number of amides is 3. The zero-order chi connectivity index (χ0) is 20.1. The minimum Gasteiger partial charge on any atom is -0.450 e. The molecular weight excluding hydrogens is 372 g/mol. The number of ether oxygens (including phenoxy) is 3. The highest BCUT2D eigenvalue weighted by Crippen LogP contribution is 2.28. The van der Waals surface area contributed by atoms with Gasteiger partial charge in [0, 0.05) is 19.4 Å². The Morgan fingerprint density at radius 2 is 1.86 bits per heavy atom. The molecule has 2 heterocycles. The third-order valence-corrected chi connectivity index (χ3v) is 5.10.